The van der Waals surface area contributed by atoms with Gasteiger partial charge in [0.05, 0.1) is 12.2 Å². The number of halogens is 1. The number of carbonyl (C=O) groups is 2. The van der Waals surface area contributed by atoms with Gasteiger partial charge in [0.1, 0.15) is 0 Å². The maximum absolute atomic E-state index is 14.3. The first-order valence-corrected chi connectivity index (χ1v) is 12.2. The van der Waals surface area contributed by atoms with Crippen LogP contribution < -0.4 is 4.90 Å². The Labute approximate surface area is 203 Å². The molecule has 0 aliphatic carbocycles. The lowest BCUT2D eigenvalue weighted by atomic mass is 10.0. The fourth-order valence-electron chi connectivity index (χ4n) is 4.85. The van der Waals surface area contributed by atoms with Crippen molar-refractivity contribution < 1.29 is 9.59 Å². The largest absolute Gasteiger partial charge is 0.310 e. The normalized spacial score (nSPS) is 21.0. The predicted molar refractivity (Wildman–Crippen MR) is 135 cm³/mol. The summed E-state index contributed by atoms with van der Waals surface area (Å²) in [5.41, 5.74) is 4.44. The first kappa shape index (κ1) is 22.1. The summed E-state index contributed by atoms with van der Waals surface area (Å²) in [5.74, 6) is -0.255. The van der Waals surface area contributed by atoms with Crippen LogP contribution in [0.1, 0.15) is 40.9 Å². The maximum atomic E-state index is 14.3. The highest BCUT2D eigenvalue weighted by Crippen LogP contribution is 2.60. The third-order valence-corrected chi connectivity index (χ3v) is 8.17. The van der Waals surface area contributed by atoms with E-state index in [1.165, 1.54) is 0 Å². The summed E-state index contributed by atoms with van der Waals surface area (Å²) in [7, 11) is 0. The first-order valence-electron chi connectivity index (χ1n) is 11.0. The van der Waals surface area contributed by atoms with Crippen LogP contribution in [0.5, 0.6) is 0 Å². The molecule has 0 N–H and O–H groups in total. The summed E-state index contributed by atoms with van der Waals surface area (Å²) in [6.07, 6.45) is 0. The fraction of sp³-hybridized carbons (Fsp3) is 0.259. The molecule has 33 heavy (non-hydrogen) atoms. The standard InChI is InChI=1S/C27H25ClN2O2S/c1-18-9-4-5-10-20(18)16-29-23-14-7-6-13-22(23)27(25(29)32)30(17-26(2,3)33-27)24(31)19-11-8-12-21(28)15-19/h4-15H,16-17H2,1-3H3/t27-/m1/s1. The van der Waals surface area contributed by atoms with E-state index in [2.05, 4.69) is 32.9 Å². The van der Waals surface area contributed by atoms with Gasteiger partial charge in [0.25, 0.3) is 11.8 Å². The van der Waals surface area contributed by atoms with Gasteiger partial charge in [0.15, 0.2) is 4.87 Å². The maximum Gasteiger partial charge on any atom is 0.268 e. The van der Waals surface area contributed by atoms with E-state index in [4.69, 9.17) is 11.6 Å². The second-order valence-corrected chi connectivity index (χ2v) is 11.6. The molecule has 1 fully saturated rings. The van der Waals surface area contributed by atoms with E-state index in [-0.39, 0.29) is 16.6 Å². The molecule has 1 saturated heterocycles. The smallest absolute Gasteiger partial charge is 0.268 e. The molecule has 2 aliphatic rings. The van der Waals surface area contributed by atoms with Gasteiger partial charge in [-0.1, -0.05) is 60.1 Å². The summed E-state index contributed by atoms with van der Waals surface area (Å²) >= 11 is 7.75. The van der Waals surface area contributed by atoms with Crippen LogP contribution in [0.3, 0.4) is 0 Å². The molecule has 0 bridgehead atoms. The molecular weight excluding hydrogens is 452 g/mol. The van der Waals surface area contributed by atoms with Crippen molar-refractivity contribution in [3.63, 3.8) is 0 Å². The zero-order chi connectivity index (χ0) is 23.4. The van der Waals surface area contributed by atoms with Crippen molar-refractivity contribution in [1.82, 2.24) is 4.90 Å². The molecule has 2 amide bonds. The molecule has 2 heterocycles. The van der Waals surface area contributed by atoms with Crippen LogP contribution in [0.25, 0.3) is 0 Å². The van der Waals surface area contributed by atoms with E-state index in [0.717, 1.165) is 22.4 Å². The Morgan fingerprint density at radius 1 is 1.03 bits per heavy atom. The number of anilines is 1. The third kappa shape index (κ3) is 3.54. The average Bonchev–Trinajstić information content (AvgIpc) is 3.21. The van der Waals surface area contributed by atoms with Gasteiger partial charge in [-0.3, -0.25) is 9.59 Å². The van der Waals surface area contributed by atoms with E-state index < -0.39 is 4.87 Å². The van der Waals surface area contributed by atoms with Crippen molar-refractivity contribution in [2.45, 2.75) is 36.9 Å². The zero-order valence-corrected chi connectivity index (χ0v) is 20.4. The molecule has 0 saturated carbocycles. The predicted octanol–water partition coefficient (Wildman–Crippen LogP) is 6.02. The van der Waals surface area contributed by atoms with E-state index in [0.29, 0.717) is 23.7 Å². The Morgan fingerprint density at radius 3 is 2.52 bits per heavy atom. The minimum atomic E-state index is -1.11. The summed E-state index contributed by atoms with van der Waals surface area (Å²) in [6.45, 7) is 7.15. The van der Waals surface area contributed by atoms with Crippen LogP contribution in [0.4, 0.5) is 5.69 Å². The molecular formula is C27H25ClN2O2S. The van der Waals surface area contributed by atoms with Crippen LogP contribution >= 0.6 is 23.4 Å². The summed E-state index contributed by atoms with van der Waals surface area (Å²) in [4.78, 5) is 30.6. The van der Waals surface area contributed by atoms with Gasteiger partial charge in [0.2, 0.25) is 0 Å². The van der Waals surface area contributed by atoms with Crippen molar-refractivity contribution in [2.24, 2.45) is 0 Å². The molecule has 0 aromatic heterocycles. The minimum Gasteiger partial charge on any atom is -0.310 e. The molecule has 0 radical (unpaired) electrons. The van der Waals surface area contributed by atoms with Crippen LogP contribution in [-0.2, 0) is 16.2 Å². The van der Waals surface area contributed by atoms with Gasteiger partial charge in [-0.2, -0.15) is 0 Å². The topological polar surface area (TPSA) is 40.6 Å². The monoisotopic (exact) mass is 476 g/mol. The van der Waals surface area contributed by atoms with Crippen LogP contribution in [0.15, 0.2) is 72.8 Å². The highest BCUT2D eigenvalue weighted by Gasteiger charge is 2.63. The Kier molecular flexibility index (Phi) is 5.30. The molecule has 1 spiro atoms. The van der Waals surface area contributed by atoms with Gasteiger partial charge >= 0.3 is 0 Å². The third-order valence-electron chi connectivity index (χ3n) is 6.34. The summed E-state index contributed by atoms with van der Waals surface area (Å²) < 4.78 is -0.296. The van der Waals surface area contributed by atoms with Crippen LogP contribution in [0.2, 0.25) is 5.02 Å². The highest BCUT2D eigenvalue weighted by atomic mass is 35.5. The lowest BCUT2D eigenvalue weighted by Gasteiger charge is -2.33. The van der Waals surface area contributed by atoms with Crippen molar-refractivity contribution in [3.05, 3.63) is 100 Å². The number of para-hydroxylation sites is 1. The van der Waals surface area contributed by atoms with Gasteiger partial charge in [0, 0.05) is 27.4 Å². The van der Waals surface area contributed by atoms with Crippen molar-refractivity contribution in [1.29, 1.82) is 0 Å². The molecule has 2 aliphatic heterocycles. The molecule has 4 nitrogen and oxygen atoms in total. The molecule has 3 aromatic carbocycles. The Morgan fingerprint density at radius 2 is 1.76 bits per heavy atom. The number of amides is 2. The second kappa shape index (κ2) is 7.93. The number of carbonyl (C=O) groups excluding carboxylic acids is 2. The van der Waals surface area contributed by atoms with Crippen LogP contribution in [-0.4, -0.2) is 28.0 Å². The first-order chi connectivity index (χ1) is 15.7. The molecule has 5 rings (SSSR count). The van der Waals surface area contributed by atoms with Crippen molar-refractivity contribution >= 4 is 40.9 Å². The number of fused-ring (bicyclic) bond motifs is 2. The second-order valence-electron chi connectivity index (χ2n) is 9.24. The number of thioether (sulfide) groups is 1. The number of benzene rings is 3. The number of aryl methyl sites for hydroxylation is 1. The Hall–Kier alpha value is -2.76. The Bertz CT molecular complexity index is 1270. The van der Waals surface area contributed by atoms with Crippen molar-refractivity contribution in [3.8, 4) is 0 Å². The number of hydrogen-bond acceptors (Lipinski definition) is 3. The van der Waals surface area contributed by atoms with Gasteiger partial charge in [-0.25, -0.2) is 0 Å². The number of rotatable bonds is 3. The molecule has 1 atom stereocenters. The van der Waals surface area contributed by atoms with E-state index in [1.54, 1.807) is 40.9 Å². The lowest BCUT2D eigenvalue weighted by molar-refractivity contribution is -0.123. The van der Waals surface area contributed by atoms with Gasteiger partial charge < -0.3 is 9.80 Å². The van der Waals surface area contributed by atoms with E-state index in [1.807, 2.05) is 41.3 Å². The highest BCUT2D eigenvalue weighted by molar-refractivity contribution is 8.02. The van der Waals surface area contributed by atoms with Gasteiger partial charge in [-0.15, -0.1) is 11.8 Å². The molecule has 6 heteroatoms. The van der Waals surface area contributed by atoms with E-state index in [9.17, 15) is 9.59 Å². The average molecular weight is 477 g/mol. The number of hydrogen-bond donors (Lipinski definition) is 0. The SMILES string of the molecule is Cc1ccccc1CN1C(=O)[C@]2(SC(C)(C)CN2C(=O)c2cccc(Cl)c2)c2ccccc21. The molecule has 3 aromatic rings. The molecule has 0 unspecified atom stereocenters. The lowest BCUT2D eigenvalue weighted by Crippen LogP contribution is -2.50. The van der Waals surface area contributed by atoms with Crippen molar-refractivity contribution in [2.75, 3.05) is 11.4 Å². The minimum absolute atomic E-state index is 0.0714. The quantitative estimate of drug-likeness (QED) is 0.464. The zero-order valence-electron chi connectivity index (χ0n) is 18.8. The van der Waals surface area contributed by atoms with Gasteiger partial charge in [-0.05, 0) is 56.2 Å². The fourth-order valence-corrected chi connectivity index (χ4v) is 6.77. The van der Waals surface area contributed by atoms with E-state index >= 15 is 0 Å². The molecule has 168 valence electrons. The summed E-state index contributed by atoms with van der Waals surface area (Å²) in [5, 5.41) is 0.500. The van der Waals surface area contributed by atoms with Crippen LogP contribution in [0, 0.1) is 6.92 Å². The Balaban J connectivity index is 1.64. The number of nitrogens with zero attached hydrogens (tertiary/aromatic N) is 2. The summed E-state index contributed by atoms with van der Waals surface area (Å²) in [6, 6.07) is 22.9.